The molecule has 2 aromatic rings. The molecule has 5 nitrogen and oxygen atoms in total. The van der Waals surface area contributed by atoms with Crippen molar-refractivity contribution in [1.29, 1.82) is 0 Å². The van der Waals surface area contributed by atoms with E-state index in [9.17, 15) is 4.79 Å². The first kappa shape index (κ1) is 23.7. The Morgan fingerprint density at radius 2 is 1.90 bits per heavy atom. The average Bonchev–Trinajstić information content (AvgIpc) is 3.30. The minimum atomic E-state index is -0.00599. The van der Waals surface area contributed by atoms with E-state index >= 15 is 0 Å². The molecule has 31 heavy (non-hydrogen) atoms. The topological polar surface area (TPSA) is 51.4 Å². The Morgan fingerprint density at radius 3 is 2.58 bits per heavy atom. The summed E-state index contributed by atoms with van der Waals surface area (Å²) in [7, 11) is 0. The number of thiocarbonyl (C=S) groups is 1. The van der Waals surface area contributed by atoms with Gasteiger partial charge in [-0.15, -0.1) is 0 Å². The number of H-pyrrole nitrogens is 1. The molecule has 3 rings (SSSR count). The van der Waals surface area contributed by atoms with Gasteiger partial charge >= 0.3 is 0 Å². The fraction of sp³-hybridized carbons (Fsp3) is 0.600. The summed E-state index contributed by atoms with van der Waals surface area (Å²) in [5, 5.41) is 5.34. The predicted molar refractivity (Wildman–Crippen MR) is 135 cm³/mol. The van der Waals surface area contributed by atoms with Gasteiger partial charge in [0.05, 0.1) is 12.1 Å². The number of fused-ring (bicyclic) bond motifs is 1. The second kappa shape index (κ2) is 11.1. The molecule has 1 aromatic carbocycles. The quantitative estimate of drug-likeness (QED) is 0.442. The number of hydrogen-bond acceptors (Lipinski definition) is 3. The lowest BCUT2D eigenvalue weighted by molar-refractivity contribution is 0.291. The van der Waals surface area contributed by atoms with Crippen LogP contribution in [-0.4, -0.2) is 52.1 Å². The lowest BCUT2D eigenvalue weighted by atomic mass is 10.0. The smallest absolute Gasteiger partial charge is 0.253 e. The number of nitrogens with zero attached hydrogens (tertiary/aromatic N) is 2. The zero-order valence-electron chi connectivity index (χ0n) is 19.6. The summed E-state index contributed by atoms with van der Waals surface area (Å²) in [6.45, 7) is 13.2. The van der Waals surface area contributed by atoms with Gasteiger partial charge in [-0.05, 0) is 87.5 Å². The minimum Gasteiger partial charge on any atom is -0.363 e. The van der Waals surface area contributed by atoms with E-state index < -0.39 is 0 Å². The Kier molecular flexibility index (Phi) is 8.50. The Morgan fingerprint density at radius 1 is 1.19 bits per heavy atom. The predicted octanol–water partition coefficient (Wildman–Crippen LogP) is 4.50. The molecule has 1 fully saturated rings. The van der Waals surface area contributed by atoms with E-state index in [-0.39, 0.29) is 5.56 Å². The molecule has 1 aliphatic rings. The van der Waals surface area contributed by atoms with Crippen molar-refractivity contribution < 1.29 is 0 Å². The van der Waals surface area contributed by atoms with Crippen LogP contribution in [0.4, 0.5) is 0 Å². The molecule has 0 unspecified atom stereocenters. The molecule has 170 valence electrons. The maximum absolute atomic E-state index is 12.9. The molecular weight excluding hydrogens is 404 g/mol. The Bertz CT molecular complexity index is 944. The third kappa shape index (κ3) is 5.86. The number of aromatic amines is 1. The van der Waals surface area contributed by atoms with Gasteiger partial charge in [0.1, 0.15) is 0 Å². The number of rotatable bonds is 9. The molecule has 1 heterocycles. The van der Waals surface area contributed by atoms with Gasteiger partial charge in [0.2, 0.25) is 0 Å². The maximum Gasteiger partial charge on any atom is 0.253 e. The zero-order valence-corrected chi connectivity index (χ0v) is 20.4. The molecule has 0 bridgehead atoms. The van der Waals surface area contributed by atoms with Crippen molar-refractivity contribution in [3.63, 3.8) is 0 Å². The third-order valence-corrected chi connectivity index (χ3v) is 7.20. The second-order valence-corrected chi connectivity index (χ2v) is 9.16. The monoisotopic (exact) mass is 442 g/mol. The molecule has 0 saturated heterocycles. The molecule has 2 N–H and O–H groups in total. The Hall–Kier alpha value is -1.92. The van der Waals surface area contributed by atoms with Crippen molar-refractivity contribution in [3.8, 4) is 0 Å². The van der Waals surface area contributed by atoms with Crippen LogP contribution >= 0.6 is 12.2 Å². The van der Waals surface area contributed by atoms with Crippen LogP contribution in [0.15, 0.2) is 23.0 Å². The summed E-state index contributed by atoms with van der Waals surface area (Å²) in [6, 6.07) is 6.68. The molecule has 0 spiro atoms. The van der Waals surface area contributed by atoms with Crippen molar-refractivity contribution in [1.82, 2.24) is 20.1 Å². The summed E-state index contributed by atoms with van der Waals surface area (Å²) >= 11 is 5.81. The fourth-order valence-electron chi connectivity index (χ4n) is 4.59. The molecule has 1 aromatic heterocycles. The number of hydrogen-bond donors (Lipinski definition) is 2. The standard InChI is InChI=1S/C25H38N4OS/c1-5-28(6-2)15-9-14-26-25(31)29(22-10-7-8-11-22)17-21-16-20-13-12-18(3)19(4)23(20)27-24(21)30/h12-13,16,22H,5-11,14-15,17H2,1-4H3,(H,26,31)(H,27,30). The highest BCUT2D eigenvalue weighted by Gasteiger charge is 2.25. The number of benzene rings is 1. The minimum absolute atomic E-state index is 0.00599. The molecule has 0 radical (unpaired) electrons. The zero-order chi connectivity index (χ0) is 22.4. The molecule has 0 aliphatic heterocycles. The summed E-state index contributed by atoms with van der Waals surface area (Å²) in [6.07, 6.45) is 5.82. The highest BCUT2D eigenvalue weighted by Crippen LogP contribution is 2.26. The third-order valence-electron chi connectivity index (χ3n) is 6.82. The highest BCUT2D eigenvalue weighted by molar-refractivity contribution is 7.80. The van der Waals surface area contributed by atoms with Crippen molar-refractivity contribution in [3.05, 3.63) is 45.2 Å². The van der Waals surface area contributed by atoms with Gasteiger partial charge in [0.25, 0.3) is 5.56 Å². The Labute approximate surface area is 192 Å². The largest absolute Gasteiger partial charge is 0.363 e. The molecule has 0 atom stereocenters. The molecule has 1 aliphatic carbocycles. The van der Waals surface area contributed by atoms with Crippen molar-refractivity contribution in [2.75, 3.05) is 26.2 Å². The SMILES string of the molecule is CCN(CC)CCCNC(=S)N(Cc1cc2ccc(C)c(C)c2[nH]c1=O)C1CCCC1. The fourth-order valence-corrected chi connectivity index (χ4v) is 4.91. The van der Waals surface area contributed by atoms with Gasteiger partial charge in [-0.3, -0.25) is 4.79 Å². The molecule has 6 heteroatoms. The van der Waals surface area contributed by atoms with Gasteiger partial charge in [0.15, 0.2) is 5.11 Å². The summed E-state index contributed by atoms with van der Waals surface area (Å²) in [4.78, 5) is 20.7. The Balaban J connectivity index is 1.74. The summed E-state index contributed by atoms with van der Waals surface area (Å²) < 4.78 is 0. The first-order valence-electron chi connectivity index (χ1n) is 11.8. The average molecular weight is 443 g/mol. The van der Waals surface area contributed by atoms with Gasteiger partial charge in [-0.1, -0.05) is 38.8 Å². The van der Waals surface area contributed by atoms with E-state index in [0.717, 1.165) is 72.6 Å². The number of pyridine rings is 1. The first-order valence-corrected chi connectivity index (χ1v) is 12.2. The molecule has 0 amide bonds. The van der Waals surface area contributed by atoms with Gasteiger partial charge < -0.3 is 20.1 Å². The highest BCUT2D eigenvalue weighted by atomic mass is 32.1. The van der Waals surface area contributed by atoms with Crippen LogP contribution < -0.4 is 10.9 Å². The van der Waals surface area contributed by atoms with Crippen molar-refractivity contribution >= 4 is 28.2 Å². The summed E-state index contributed by atoms with van der Waals surface area (Å²) in [5.41, 5.74) is 4.06. The lowest BCUT2D eigenvalue weighted by Crippen LogP contribution is -2.46. The summed E-state index contributed by atoms with van der Waals surface area (Å²) in [5.74, 6) is 0. The number of aromatic nitrogens is 1. The van der Waals surface area contributed by atoms with Gasteiger partial charge in [0, 0.05) is 18.2 Å². The van der Waals surface area contributed by atoms with Crippen LogP contribution in [-0.2, 0) is 6.54 Å². The lowest BCUT2D eigenvalue weighted by Gasteiger charge is -2.32. The van der Waals surface area contributed by atoms with E-state index in [4.69, 9.17) is 12.2 Å². The normalized spacial score (nSPS) is 14.5. The number of nitrogens with one attached hydrogen (secondary N) is 2. The van der Waals surface area contributed by atoms with Crippen LogP contribution in [0.5, 0.6) is 0 Å². The first-order chi connectivity index (χ1) is 14.9. The maximum atomic E-state index is 12.9. The number of aryl methyl sites for hydroxylation is 2. The van der Waals surface area contributed by atoms with Crippen molar-refractivity contribution in [2.45, 2.75) is 72.4 Å². The van der Waals surface area contributed by atoms with E-state index in [0.29, 0.717) is 12.6 Å². The van der Waals surface area contributed by atoms with Crippen LogP contribution in [0.3, 0.4) is 0 Å². The van der Waals surface area contributed by atoms with E-state index in [1.165, 1.54) is 18.4 Å². The van der Waals surface area contributed by atoms with E-state index in [2.05, 4.69) is 59.9 Å². The van der Waals surface area contributed by atoms with Crippen LogP contribution in [0.25, 0.3) is 10.9 Å². The van der Waals surface area contributed by atoms with Gasteiger partial charge in [-0.2, -0.15) is 0 Å². The van der Waals surface area contributed by atoms with Crippen molar-refractivity contribution in [2.24, 2.45) is 0 Å². The van der Waals surface area contributed by atoms with Gasteiger partial charge in [-0.25, -0.2) is 0 Å². The van der Waals surface area contributed by atoms with Crippen LogP contribution in [0, 0.1) is 13.8 Å². The van der Waals surface area contributed by atoms with Crippen LogP contribution in [0.1, 0.15) is 62.6 Å². The van der Waals surface area contributed by atoms with E-state index in [1.807, 2.05) is 6.07 Å². The molecular formula is C25H38N4OS. The second-order valence-electron chi connectivity index (χ2n) is 8.77. The van der Waals surface area contributed by atoms with E-state index in [1.54, 1.807) is 0 Å². The van der Waals surface area contributed by atoms with Crippen LogP contribution in [0.2, 0.25) is 0 Å². The molecule has 1 saturated carbocycles.